The van der Waals surface area contributed by atoms with Gasteiger partial charge in [-0.15, -0.1) is 0 Å². The minimum absolute atomic E-state index is 0.131. The van der Waals surface area contributed by atoms with Crippen LogP contribution < -0.4 is 5.32 Å². The molecule has 0 bridgehead atoms. The lowest BCUT2D eigenvalue weighted by molar-refractivity contribution is 0.499. The van der Waals surface area contributed by atoms with Crippen LogP contribution in [0.25, 0.3) is 0 Å². The Morgan fingerprint density at radius 3 is 3.00 bits per heavy atom. The van der Waals surface area contributed by atoms with Gasteiger partial charge in [0.25, 0.3) is 0 Å². The molecule has 2 rings (SSSR count). The van der Waals surface area contributed by atoms with Crippen molar-refractivity contribution in [2.45, 2.75) is 31.7 Å². The highest BCUT2D eigenvalue weighted by Crippen LogP contribution is 2.26. The summed E-state index contributed by atoms with van der Waals surface area (Å²) in [6, 6.07) is 4.91. The van der Waals surface area contributed by atoms with Crippen LogP contribution in [0.5, 0.6) is 0 Å². The van der Waals surface area contributed by atoms with E-state index in [9.17, 15) is 4.39 Å². The normalized spacial score (nSPS) is 22.4. The highest BCUT2D eigenvalue weighted by atomic mass is 35.5. The van der Waals surface area contributed by atoms with Gasteiger partial charge in [-0.05, 0) is 37.6 Å². The maximum atomic E-state index is 13.6. The molecule has 1 unspecified atom stereocenters. The van der Waals surface area contributed by atoms with E-state index >= 15 is 0 Å². The number of rotatable bonds is 1. The lowest BCUT2D eigenvalue weighted by atomic mass is 10.0. The second-order valence-electron chi connectivity index (χ2n) is 4.02. The molecule has 1 aliphatic heterocycles. The molecule has 1 saturated heterocycles. The highest BCUT2D eigenvalue weighted by molar-refractivity contribution is 6.30. The van der Waals surface area contributed by atoms with E-state index in [0.29, 0.717) is 10.6 Å². The Bertz CT molecular complexity index is 332. The van der Waals surface area contributed by atoms with Crippen LogP contribution in [0.3, 0.4) is 0 Å². The van der Waals surface area contributed by atoms with Crippen LogP contribution >= 0.6 is 11.6 Å². The van der Waals surface area contributed by atoms with E-state index in [1.54, 1.807) is 12.1 Å². The summed E-state index contributed by atoms with van der Waals surface area (Å²) in [5, 5.41) is 3.98. The monoisotopic (exact) mass is 227 g/mol. The van der Waals surface area contributed by atoms with Crippen LogP contribution in [0.4, 0.5) is 4.39 Å². The third kappa shape index (κ3) is 2.70. The van der Waals surface area contributed by atoms with Gasteiger partial charge in [-0.25, -0.2) is 4.39 Å². The van der Waals surface area contributed by atoms with Crippen LogP contribution in [0, 0.1) is 5.82 Å². The van der Waals surface area contributed by atoms with Crippen molar-refractivity contribution in [3.8, 4) is 0 Å². The number of nitrogens with one attached hydrogen (secondary N) is 1. The fourth-order valence-corrected chi connectivity index (χ4v) is 2.26. The molecule has 0 amide bonds. The van der Waals surface area contributed by atoms with Crippen molar-refractivity contribution >= 4 is 11.6 Å². The lowest BCUT2D eigenvalue weighted by Gasteiger charge is -2.17. The molecule has 0 aliphatic carbocycles. The Morgan fingerprint density at radius 2 is 2.13 bits per heavy atom. The van der Waals surface area contributed by atoms with Gasteiger partial charge in [-0.1, -0.05) is 24.4 Å². The first-order valence-corrected chi connectivity index (χ1v) is 5.83. The minimum Gasteiger partial charge on any atom is -0.310 e. The molecule has 82 valence electrons. The Kier molecular flexibility index (Phi) is 3.60. The zero-order valence-corrected chi connectivity index (χ0v) is 9.36. The maximum Gasteiger partial charge on any atom is 0.128 e. The molecular weight excluding hydrogens is 213 g/mol. The van der Waals surface area contributed by atoms with Crippen molar-refractivity contribution < 1.29 is 4.39 Å². The predicted molar refractivity (Wildman–Crippen MR) is 60.6 cm³/mol. The summed E-state index contributed by atoms with van der Waals surface area (Å²) in [7, 11) is 0. The zero-order valence-electron chi connectivity index (χ0n) is 8.60. The molecule has 1 aromatic carbocycles. The van der Waals surface area contributed by atoms with Gasteiger partial charge in [-0.2, -0.15) is 0 Å². The molecule has 0 radical (unpaired) electrons. The lowest BCUT2D eigenvalue weighted by Crippen LogP contribution is -2.21. The molecule has 1 aromatic rings. The van der Waals surface area contributed by atoms with Crippen molar-refractivity contribution in [2.24, 2.45) is 0 Å². The van der Waals surface area contributed by atoms with Crippen molar-refractivity contribution in [1.29, 1.82) is 0 Å². The van der Waals surface area contributed by atoms with Gasteiger partial charge in [0, 0.05) is 16.6 Å². The van der Waals surface area contributed by atoms with E-state index in [4.69, 9.17) is 11.6 Å². The average Bonchev–Trinajstić information content (AvgIpc) is 2.50. The fraction of sp³-hybridized carbons (Fsp3) is 0.500. The second kappa shape index (κ2) is 4.95. The molecule has 0 saturated carbocycles. The van der Waals surface area contributed by atoms with Crippen LogP contribution in [-0.4, -0.2) is 6.54 Å². The summed E-state index contributed by atoms with van der Waals surface area (Å²) in [5.41, 5.74) is 0.712. The molecule has 1 nitrogen and oxygen atoms in total. The SMILES string of the molecule is Fc1ccc(Cl)cc1C1CCCCCN1. The van der Waals surface area contributed by atoms with Gasteiger partial charge < -0.3 is 5.32 Å². The van der Waals surface area contributed by atoms with E-state index in [0.717, 1.165) is 19.4 Å². The van der Waals surface area contributed by atoms with Crippen LogP contribution in [0.2, 0.25) is 5.02 Å². The third-order valence-corrected chi connectivity index (χ3v) is 3.13. The van der Waals surface area contributed by atoms with Crippen LogP contribution in [0.1, 0.15) is 37.3 Å². The van der Waals surface area contributed by atoms with E-state index in [1.807, 2.05) is 0 Å². The Balaban J connectivity index is 2.22. The van der Waals surface area contributed by atoms with Crippen LogP contribution in [-0.2, 0) is 0 Å². The van der Waals surface area contributed by atoms with Crippen molar-refractivity contribution in [3.63, 3.8) is 0 Å². The molecular formula is C12H15ClFN. The third-order valence-electron chi connectivity index (χ3n) is 2.89. The van der Waals surface area contributed by atoms with Crippen molar-refractivity contribution in [1.82, 2.24) is 5.32 Å². The average molecular weight is 228 g/mol. The number of benzene rings is 1. The highest BCUT2D eigenvalue weighted by Gasteiger charge is 2.17. The molecule has 1 heterocycles. The van der Waals surface area contributed by atoms with E-state index in [1.165, 1.54) is 18.9 Å². The fourth-order valence-electron chi connectivity index (χ4n) is 2.08. The second-order valence-corrected chi connectivity index (χ2v) is 4.46. The van der Waals surface area contributed by atoms with Gasteiger partial charge >= 0.3 is 0 Å². The Labute approximate surface area is 94.6 Å². The summed E-state index contributed by atoms with van der Waals surface area (Å²) < 4.78 is 13.6. The summed E-state index contributed by atoms with van der Waals surface area (Å²) in [6.45, 7) is 0.969. The largest absolute Gasteiger partial charge is 0.310 e. The van der Waals surface area contributed by atoms with E-state index in [2.05, 4.69) is 5.32 Å². The first-order valence-electron chi connectivity index (χ1n) is 5.46. The molecule has 0 aromatic heterocycles. The minimum atomic E-state index is -0.154. The number of hydrogen-bond donors (Lipinski definition) is 1. The van der Waals surface area contributed by atoms with E-state index < -0.39 is 0 Å². The molecule has 1 aliphatic rings. The molecule has 3 heteroatoms. The molecule has 1 atom stereocenters. The smallest absolute Gasteiger partial charge is 0.128 e. The maximum absolute atomic E-state index is 13.6. The molecule has 15 heavy (non-hydrogen) atoms. The standard InChI is InChI=1S/C12H15ClFN/c13-9-5-6-11(14)10(8-9)12-4-2-1-3-7-15-12/h5-6,8,12,15H,1-4,7H2. The first kappa shape index (κ1) is 10.9. The van der Waals surface area contributed by atoms with E-state index in [-0.39, 0.29) is 11.9 Å². The van der Waals surface area contributed by atoms with Crippen LogP contribution in [0.15, 0.2) is 18.2 Å². The van der Waals surface area contributed by atoms with Gasteiger partial charge in [-0.3, -0.25) is 0 Å². The molecule has 0 spiro atoms. The molecule has 1 N–H and O–H groups in total. The molecule has 1 fully saturated rings. The van der Waals surface area contributed by atoms with Gasteiger partial charge in [0.2, 0.25) is 0 Å². The summed E-state index contributed by atoms with van der Waals surface area (Å²) in [5.74, 6) is -0.154. The Hall–Kier alpha value is -0.600. The predicted octanol–water partition coefficient (Wildman–Crippen LogP) is 3.68. The zero-order chi connectivity index (χ0) is 10.7. The van der Waals surface area contributed by atoms with Crippen molar-refractivity contribution in [3.05, 3.63) is 34.6 Å². The number of hydrogen-bond acceptors (Lipinski definition) is 1. The topological polar surface area (TPSA) is 12.0 Å². The summed E-state index contributed by atoms with van der Waals surface area (Å²) >= 11 is 5.88. The quantitative estimate of drug-likeness (QED) is 0.772. The summed E-state index contributed by atoms with van der Waals surface area (Å²) in [4.78, 5) is 0. The van der Waals surface area contributed by atoms with Crippen molar-refractivity contribution in [2.75, 3.05) is 6.54 Å². The number of halogens is 2. The summed E-state index contributed by atoms with van der Waals surface area (Å²) in [6.07, 6.45) is 4.56. The van der Waals surface area contributed by atoms with Gasteiger partial charge in [0.15, 0.2) is 0 Å². The van der Waals surface area contributed by atoms with Gasteiger partial charge in [0.05, 0.1) is 0 Å². The van der Waals surface area contributed by atoms with Gasteiger partial charge in [0.1, 0.15) is 5.82 Å². The first-order chi connectivity index (χ1) is 7.27. The Morgan fingerprint density at radius 1 is 1.27 bits per heavy atom.